The van der Waals surface area contributed by atoms with Crippen molar-refractivity contribution in [3.63, 3.8) is 0 Å². The fraction of sp³-hybridized carbons (Fsp3) is 0.560. The molecule has 0 bridgehead atoms. The zero-order chi connectivity index (χ0) is 24.8. The number of hydrogen-bond acceptors (Lipinski definition) is 9. The van der Waals surface area contributed by atoms with Crippen LogP contribution in [0.25, 0.3) is 16.7 Å². The Morgan fingerprint density at radius 3 is 2.64 bits per heavy atom. The number of hydrazine groups is 1. The first-order chi connectivity index (χ1) is 17.5. The van der Waals surface area contributed by atoms with Crippen molar-refractivity contribution < 1.29 is 18.6 Å². The lowest BCUT2D eigenvalue weighted by Gasteiger charge is -2.43. The normalized spacial score (nSPS) is 24.3. The smallest absolute Gasteiger partial charge is 0.320 e. The van der Waals surface area contributed by atoms with E-state index in [0.717, 1.165) is 35.0 Å². The van der Waals surface area contributed by atoms with E-state index in [2.05, 4.69) is 39.0 Å². The molecule has 3 aromatic rings. The number of alkyl halides is 1. The molecule has 2 aromatic heterocycles. The number of anilines is 1. The van der Waals surface area contributed by atoms with Gasteiger partial charge in [0, 0.05) is 31.0 Å². The SMILES string of the molecule is COc1nc(N2CCOCN2C)cc(-n2ncc3cc(C)c(C4CCN(C5COC5)CC4F)cc32)n1. The molecule has 0 radical (unpaired) electrons. The number of piperidine rings is 1. The molecule has 2 unspecified atom stereocenters. The number of benzene rings is 1. The van der Waals surface area contributed by atoms with Gasteiger partial charge < -0.3 is 14.2 Å². The summed E-state index contributed by atoms with van der Waals surface area (Å²) in [6.07, 6.45) is 1.69. The van der Waals surface area contributed by atoms with Crippen LogP contribution in [0.15, 0.2) is 24.4 Å². The number of fused-ring (bicyclic) bond motifs is 1. The van der Waals surface area contributed by atoms with E-state index in [1.54, 1.807) is 11.8 Å². The highest BCUT2D eigenvalue weighted by Gasteiger charge is 2.36. The number of rotatable bonds is 5. The van der Waals surface area contributed by atoms with E-state index in [9.17, 15) is 0 Å². The van der Waals surface area contributed by atoms with Crippen LogP contribution in [0, 0.1) is 6.92 Å². The molecule has 11 heteroatoms. The fourth-order valence-corrected chi connectivity index (χ4v) is 5.44. The Balaban J connectivity index is 1.35. The average Bonchev–Trinajstić information content (AvgIpc) is 3.25. The third kappa shape index (κ3) is 4.19. The summed E-state index contributed by atoms with van der Waals surface area (Å²) in [5.74, 6) is 1.15. The van der Waals surface area contributed by atoms with Gasteiger partial charge in [0.05, 0.1) is 51.2 Å². The van der Waals surface area contributed by atoms with Crippen LogP contribution in [-0.4, -0.2) is 102 Å². The lowest BCUT2D eigenvalue weighted by atomic mass is 9.84. The second kappa shape index (κ2) is 9.55. The Bertz CT molecular complexity index is 1250. The number of likely N-dealkylation sites (tertiary alicyclic amines) is 1. The minimum Gasteiger partial charge on any atom is -0.467 e. The van der Waals surface area contributed by atoms with Gasteiger partial charge in [-0.15, -0.1) is 0 Å². The largest absolute Gasteiger partial charge is 0.467 e. The van der Waals surface area contributed by atoms with Gasteiger partial charge in [-0.1, -0.05) is 0 Å². The minimum absolute atomic E-state index is 0.146. The van der Waals surface area contributed by atoms with Crippen LogP contribution in [0.2, 0.25) is 0 Å². The van der Waals surface area contributed by atoms with Gasteiger partial charge >= 0.3 is 6.01 Å². The molecule has 0 N–H and O–H groups in total. The highest BCUT2D eigenvalue weighted by atomic mass is 19.1. The molecule has 3 aliphatic rings. The second-order valence-electron chi connectivity index (χ2n) is 9.81. The molecular formula is C25H32FN7O3. The number of aromatic nitrogens is 4. The highest BCUT2D eigenvalue weighted by Crippen LogP contribution is 2.36. The second-order valence-corrected chi connectivity index (χ2v) is 9.81. The van der Waals surface area contributed by atoms with Crippen LogP contribution in [0.1, 0.15) is 23.5 Å². The van der Waals surface area contributed by atoms with E-state index >= 15 is 4.39 Å². The predicted octanol–water partition coefficient (Wildman–Crippen LogP) is 2.30. The maximum atomic E-state index is 15.5. The van der Waals surface area contributed by atoms with Crippen LogP contribution in [0.5, 0.6) is 6.01 Å². The van der Waals surface area contributed by atoms with Gasteiger partial charge in [0.2, 0.25) is 0 Å². The summed E-state index contributed by atoms with van der Waals surface area (Å²) in [6.45, 7) is 6.58. The van der Waals surface area contributed by atoms with Crippen molar-refractivity contribution in [3.05, 3.63) is 35.5 Å². The van der Waals surface area contributed by atoms with Crippen molar-refractivity contribution in [1.29, 1.82) is 0 Å². The third-order valence-corrected chi connectivity index (χ3v) is 7.55. The highest BCUT2D eigenvalue weighted by molar-refractivity contribution is 5.82. The quantitative estimate of drug-likeness (QED) is 0.527. The van der Waals surface area contributed by atoms with Gasteiger partial charge in [-0.2, -0.15) is 20.1 Å². The Morgan fingerprint density at radius 1 is 1.08 bits per heavy atom. The van der Waals surface area contributed by atoms with Crippen LogP contribution in [0.4, 0.5) is 10.2 Å². The summed E-state index contributed by atoms with van der Waals surface area (Å²) in [6, 6.07) is 6.71. The summed E-state index contributed by atoms with van der Waals surface area (Å²) in [7, 11) is 3.50. The van der Waals surface area contributed by atoms with E-state index in [0.29, 0.717) is 57.3 Å². The predicted molar refractivity (Wildman–Crippen MR) is 132 cm³/mol. The first-order valence-corrected chi connectivity index (χ1v) is 12.5. The maximum absolute atomic E-state index is 15.5. The van der Waals surface area contributed by atoms with Crippen molar-refractivity contribution in [3.8, 4) is 11.8 Å². The zero-order valence-electron chi connectivity index (χ0n) is 20.9. The Labute approximate surface area is 209 Å². The van der Waals surface area contributed by atoms with Gasteiger partial charge in [0.1, 0.15) is 12.9 Å². The number of methoxy groups -OCH3 is 1. The standard InChI is InChI=1S/C25H32FN7O3/c1-16-8-17-11-27-33(24-10-23(28-25(29-24)34-3)32-6-7-35-15-30(32)2)22(17)9-20(16)19-4-5-31(12-21(19)26)18-13-36-14-18/h8-11,18-19,21H,4-7,12-15H2,1-3H3. The first kappa shape index (κ1) is 23.5. The molecule has 5 heterocycles. The van der Waals surface area contributed by atoms with Crippen molar-refractivity contribution in [1.82, 2.24) is 29.7 Å². The molecule has 192 valence electrons. The third-order valence-electron chi connectivity index (χ3n) is 7.55. The number of nitrogens with zero attached hydrogens (tertiary/aromatic N) is 7. The van der Waals surface area contributed by atoms with E-state index in [1.165, 1.54) is 0 Å². The van der Waals surface area contributed by atoms with Gasteiger partial charge in [0.25, 0.3) is 0 Å². The van der Waals surface area contributed by atoms with E-state index in [1.807, 2.05) is 29.3 Å². The number of aryl methyl sites for hydroxylation is 1. The van der Waals surface area contributed by atoms with E-state index < -0.39 is 6.17 Å². The van der Waals surface area contributed by atoms with E-state index in [4.69, 9.17) is 14.2 Å². The molecule has 0 saturated carbocycles. The average molecular weight is 498 g/mol. The van der Waals surface area contributed by atoms with Crippen LogP contribution < -0.4 is 9.75 Å². The minimum atomic E-state index is -0.922. The summed E-state index contributed by atoms with van der Waals surface area (Å²) in [4.78, 5) is 11.4. The summed E-state index contributed by atoms with van der Waals surface area (Å²) in [5, 5.41) is 9.62. The van der Waals surface area contributed by atoms with Gasteiger partial charge in [0.15, 0.2) is 11.6 Å². The Kier molecular flexibility index (Phi) is 6.24. The molecule has 1 aromatic carbocycles. The molecule has 0 amide bonds. The molecule has 3 saturated heterocycles. The lowest BCUT2D eigenvalue weighted by Crippen LogP contribution is -2.54. The van der Waals surface area contributed by atoms with Gasteiger partial charge in [-0.3, -0.25) is 9.91 Å². The molecular weight excluding hydrogens is 465 g/mol. The van der Waals surface area contributed by atoms with E-state index in [-0.39, 0.29) is 11.9 Å². The zero-order valence-corrected chi connectivity index (χ0v) is 20.9. The Morgan fingerprint density at radius 2 is 1.92 bits per heavy atom. The molecule has 6 rings (SSSR count). The summed E-state index contributed by atoms with van der Waals surface area (Å²) < 4.78 is 33.5. The van der Waals surface area contributed by atoms with Crippen LogP contribution in [-0.2, 0) is 9.47 Å². The van der Waals surface area contributed by atoms with Crippen molar-refractivity contribution >= 4 is 16.7 Å². The van der Waals surface area contributed by atoms with Gasteiger partial charge in [-0.25, -0.2) is 9.07 Å². The van der Waals surface area contributed by atoms with Crippen molar-refractivity contribution in [2.24, 2.45) is 0 Å². The summed E-state index contributed by atoms with van der Waals surface area (Å²) in [5.41, 5.74) is 3.01. The first-order valence-electron chi connectivity index (χ1n) is 12.5. The molecule has 0 aliphatic carbocycles. The van der Waals surface area contributed by atoms with Crippen molar-refractivity contribution in [2.45, 2.75) is 31.5 Å². The molecule has 0 spiro atoms. The Hall–Kier alpha value is -2.86. The topological polar surface area (TPSA) is 81.0 Å². The number of hydrogen-bond donors (Lipinski definition) is 0. The molecule has 3 fully saturated rings. The summed E-state index contributed by atoms with van der Waals surface area (Å²) >= 11 is 0. The van der Waals surface area contributed by atoms with Gasteiger partial charge in [-0.05, 0) is 43.1 Å². The van der Waals surface area contributed by atoms with Crippen LogP contribution in [0.3, 0.4) is 0 Å². The monoisotopic (exact) mass is 497 g/mol. The lowest BCUT2D eigenvalue weighted by molar-refractivity contribution is -0.0807. The maximum Gasteiger partial charge on any atom is 0.320 e. The molecule has 3 aliphatic heterocycles. The number of halogens is 1. The fourth-order valence-electron chi connectivity index (χ4n) is 5.44. The van der Waals surface area contributed by atoms with Crippen molar-refractivity contribution in [2.75, 3.05) is 65.4 Å². The van der Waals surface area contributed by atoms with Crippen LogP contribution >= 0.6 is 0 Å². The molecule has 2 atom stereocenters. The molecule has 36 heavy (non-hydrogen) atoms. The molecule has 10 nitrogen and oxygen atoms in total. The number of ether oxygens (including phenoxy) is 3.